The summed E-state index contributed by atoms with van der Waals surface area (Å²) in [6.07, 6.45) is 2.25. The molecule has 0 amide bonds. The lowest BCUT2D eigenvalue weighted by atomic mass is 10.3. The Bertz CT molecular complexity index is 1150. The fourth-order valence-corrected chi connectivity index (χ4v) is 3.21. The number of rotatable bonds is 5. The fraction of sp³-hybridized carbons (Fsp3) is 0.200. The maximum Gasteiger partial charge on any atom is 0.242 e. The Balaban J connectivity index is 1.58. The monoisotopic (exact) mass is 373 g/mol. The number of aromatic nitrogens is 5. The van der Waals surface area contributed by atoms with E-state index in [1.165, 1.54) is 0 Å². The van der Waals surface area contributed by atoms with Gasteiger partial charge in [0, 0.05) is 11.6 Å². The summed E-state index contributed by atoms with van der Waals surface area (Å²) < 4.78 is 7.18. The summed E-state index contributed by atoms with van der Waals surface area (Å²) in [5.41, 5.74) is 8.71. The second kappa shape index (κ2) is 6.49. The quantitative estimate of drug-likeness (QED) is 0.552. The summed E-state index contributed by atoms with van der Waals surface area (Å²) in [7, 11) is 1.63. The number of nitrogens with one attached hydrogen (secondary N) is 1. The van der Waals surface area contributed by atoms with Gasteiger partial charge in [-0.3, -0.25) is 4.57 Å². The van der Waals surface area contributed by atoms with Gasteiger partial charge in [0.25, 0.3) is 0 Å². The summed E-state index contributed by atoms with van der Waals surface area (Å²) in [4.78, 5) is 18.0. The molecule has 8 nitrogen and oxygen atoms in total. The predicted octanol–water partition coefficient (Wildman–Crippen LogP) is 3.42. The van der Waals surface area contributed by atoms with Crippen molar-refractivity contribution in [2.45, 2.75) is 18.8 Å². The van der Waals surface area contributed by atoms with Gasteiger partial charge in [0.1, 0.15) is 11.6 Å². The molecule has 2 aromatic carbocycles. The molecule has 2 heterocycles. The molecule has 0 bridgehead atoms. The van der Waals surface area contributed by atoms with Crippen LogP contribution in [0.3, 0.4) is 0 Å². The summed E-state index contributed by atoms with van der Waals surface area (Å²) in [6, 6.07) is 15.5. The number of nitrogens with two attached hydrogens (primary N) is 1. The van der Waals surface area contributed by atoms with E-state index in [1.807, 2.05) is 53.1 Å². The number of nitrogens with zero attached hydrogens (tertiary/aromatic N) is 5. The number of anilines is 3. The number of benzene rings is 2. The van der Waals surface area contributed by atoms with E-state index >= 15 is 0 Å². The Labute approximate surface area is 161 Å². The first-order valence-corrected chi connectivity index (χ1v) is 9.11. The molecule has 0 radical (unpaired) electrons. The normalized spacial score (nSPS) is 13.6. The van der Waals surface area contributed by atoms with Crippen molar-refractivity contribution >= 4 is 28.6 Å². The first-order valence-electron chi connectivity index (χ1n) is 9.11. The fourth-order valence-electron chi connectivity index (χ4n) is 3.21. The highest BCUT2D eigenvalue weighted by Gasteiger charge is 2.31. The summed E-state index contributed by atoms with van der Waals surface area (Å²) in [5.74, 6) is 3.19. The van der Waals surface area contributed by atoms with E-state index in [0.717, 1.165) is 41.1 Å². The van der Waals surface area contributed by atoms with Gasteiger partial charge < -0.3 is 15.8 Å². The molecule has 5 rings (SSSR count). The third-order valence-electron chi connectivity index (χ3n) is 4.72. The number of imidazole rings is 1. The average molecular weight is 373 g/mol. The van der Waals surface area contributed by atoms with Crippen LogP contribution >= 0.6 is 0 Å². The standard InChI is InChI=1S/C20H19N7O/c1-28-14-10-8-13(9-11-14)22-19-24-18(21)25-20(26-19)27-16-5-3-2-4-15(16)23-17(27)12-6-7-12/h2-5,8-12H,6-7H2,1H3,(H3,21,22,24,25,26). The van der Waals surface area contributed by atoms with Crippen LogP contribution in [0, 0.1) is 0 Å². The van der Waals surface area contributed by atoms with Gasteiger partial charge in [-0.2, -0.15) is 15.0 Å². The van der Waals surface area contributed by atoms with Gasteiger partial charge in [0.2, 0.25) is 17.8 Å². The zero-order valence-electron chi connectivity index (χ0n) is 15.3. The van der Waals surface area contributed by atoms with Gasteiger partial charge in [-0.25, -0.2) is 4.98 Å². The minimum absolute atomic E-state index is 0.153. The molecule has 1 aliphatic carbocycles. The highest BCUT2D eigenvalue weighted by atomic mass is 16.5. The molecule has 0 atom stereocenters. The zero-order chi connectivity index (χ0) is 19.1. The van der Waals surface area contributed by atoms with E-state index in [-0.39, 0.29) is 5.95 Å². The molecule has 3 N–H and O–H groups in total. The molecule has 1 aliphatic rings. The van der Waals surface area contributed by atoms with Gasteiger partial charge in [-0.1, -0.05) is 12.1 Å². The number of methoxy groups -OCH3 is 1. The topological polar surface area (TPSA) is 104 Å². The van der Waals surface area contributed by atoms with Crippen molar-refractivity contribution in [1.82, 2.24) is 24.5 Å². The lowest BCUT2D eigenvalue weighted by molar-refractivity contribution is 0.415. The van der Waals surface area contributed by atoms with Crippen molar-refractivity contribution in [1.29, 1.82) is 0 Å². The van der Waals surface area contributed by atoms with Crippen molar-refractivity contribution in [3.63, 3.8) is 0 Å². The lowest BCUT2D eigenvalue weighted by Gasteiger charge is -2.10. The number of para-hydroxylation sites is 2. The Kier molecular flexibility index (Phi) is 3.82. The number of hydrogen-bond acceptors (Lipinski definition) is 7. The molecular weight excluding hydrogens is 354 g/mol. The van der Waals surface area contributed by atoms with Crippen molar-refractivity contribution in [2.24, 2.45) is 0 Å². The molecule has 0 saturated heterocycles. The van der Waals surface area contributed by atoms with Crippen molar-refractivity contribution in [3.05, 3.63) is 54.4 Å². The van der Waals surface area contributed by atoms with E-state index < -0.39 is 0 Å². The van der Waals surface area contributed by atoms with E-state index in [9.17, 15) is 0 Å². The van der Waals surface area contributed by atoms with E-state index in [2.05, 4.69) is 20.3 Å². The SMILES string of the molecule is COc1ccc(Nc2nc(N)nc(-n3c(C4CC4)nc4ccccc43)n2)cc1. The van der Waals surface area contributed by atoms with Gasteiger partial charge in [0.15, 0.2) is 0 Å². The van der Waals surface area contributed by atoms with Crippen LogP contribution in [0.4, 0.5) is 17.6 Å². The second-order valence-corrected chi connectivity index (χ2v) is 6.74. The molecule has 8 heteroatoms. The van der Waals surface area contributed by atoms with E-state index in [4.69, 9.17) is 15.5 Å². The van der Waals surface area contributed by atoms with Crippen LogP contribution in [0.15, 0.2) is 48.5 Å². The zero-order valence-corrected chi connectivity index (χ0v) is 15.3. The highest BCUT2D eigenvalue weighted by molar-refractivity contribution is 5.78. The molecule has 0 spiro atoms. The Morgan fingerprint density at radius 2 is 1.79 bits per heavy atom. The van der Waals surface area contributed by atoms with E-state index in [0.29, 0.717) is 17.8 Å². The van der Waals surface area contributed by atoms with Crippen LogP contribution < -0.4 is 15.8 Å². The molecule has 2 aromatic heterocycles. The van der Waals surface area contributed by atoms with Crippen molar-refractivity contribution in [2.75, 3.05) is 18.2 Å². The molecule has 28 heavy (non-hydrogen) atoms. The Morgan fingerprint density at radius 3 is 2.54 bits per heavy atom. The first-order chi connectivity index (χ1) is 13.7. The maximum absolute atomic E-state index is 5.99. The molecule has 1 fully saturated rings. The second-order valence-electron chi connectivity index (χ2n) is 6.74. The third-order valence-corrected chi connectivity index (χ3v) is 4.72. The third kappa shape index (κ3) is 2.98. The van der Waals surface area contributed by atoms with Crippen LogP contribution in [0.1, 0.15) is 24.6 Å². The average Bonchev–Trinajstić information content (AvgIpc) is 3.48. The largest absolute Gasteiger partial charge is 0.497 e. The molecule has 140 valence electrons. The van der Waals surface area contributed by atoms with Crippen molar-refractivity contribution < 1.29 is 4.74 Å². The van der Waals surface area contributed by atoms with Crippen LogP contribution in [-0.4, -0.2) is 31.6 Å². The van der Waals surface area contributed by atoms with Crippen LogP contribution in [-0.2, 0) is 0 Å². The van der Waals surface area contributed by atoms with Crippen molar-refractivity contribution in [3.8, 4) is 11.7 Å². The van der Waals surface area contributed by atoms with E-state index in [1.54, 1.807) is 7.11 Å². The number of ether oxygens (including phenoxy) is 1. The minimum atomic E-state index is 0.153. The predicted molar refractivity (Wildman–Crippen MR) is 107 cm³/mol. The summed E-state index contributed by atoms with van der Waals surface area (Å²) in [6.45, 7) is 0. The van der Waals surface area contributed by atoms with Gasteiger partial charge in [-0.15, -0.1) is 0 Å². The summed E-state index contributed by atoms with van der Waals surface area (Å²) in [5, 5.41) is 3.18. The minimum Gasteiger partial charge on any atom is -0.497 e. The van der Waals surface area contributed by atoms with Crippen LogP contribution in [0.5, 0.6) is 5.75 Å². The molecule has 0 unspecified atom stereocenters. The van der Waals surface area contributed by atoms with Gasteiger partial charge in [-0.05, 0) is 49.2 Å². The Morgan fingerprint density at radius 1 is 1.00 bits per heavy atom. The molecule has 0 aliphatic heterocycles. The smallest absolute Gasteiger partial charge is 0.242 e. The van der Waals surface area contributed by atoms with Gasteiger partial charge in [0.05, 0.1) is 18.1 Å². The van der Waals surface area contributed by atoms with Gasteiger partial charge >= 0.3 is 0 Å². The first kappa shape index (κ1) is 16.5. The molecule has 4 aromatic rings. The summed E-state index contributed by atoms with van der Waals surface area (Å²) >= 11 is 0. The number of nitrogen functional groups attached to an aromatic ring is 1. The lowest BCUT2D eigenvalue weighted by Crippen LogP contribution is -2.11. The number of fused-ring (bicyclic) bond motifs is 1. The molecule has 1 saturated carbocycles. The highest BCUT2D eigenvalue weighted by Crippen LogP contribution is 2.41. The van der Waals surface area contributed by atoms with Crippen LogP contribution in [0.25, 0.3) is 17.0 Å². The Hall–Kier alpha value is -3.68. The van der Waals surface area contributed by atoms with Crippen LogP contribution in [0.2, 0.25) is 0 Å². The molecular formula is C20H19N7O. The maximum atomic E-state index is 5.99. The number of hydrogen-bond donors (Lipinski definition) is 2.